The molecule has 1 N–H and O–H groups in total. The van der Waals surface area contributed by atoms with Gasteiger partial charge in [-0.2, -0.15) is 5.26 Å². The van der Waals surface area contributed by atoms with Gasteiger partial charge >= 0.3 is 5.97 Å². The summed E-state index contributed by atoms with van der Waals surface area (Å²) in [7, 11) is 1.64. The SMILES string of the molecule is COc1ccccc1OCCN[C@H](C)Cc1cc(C#N)c2c(c1)CCN2CCCOC(=O)c1ccccc1. The number of fused-ring (bicyclic) bond motifs is 1. The van der Waals surface area contributed by atoms with Crippen LogP contribution in [0.5, 0.6) is 11.5 Å². The van der Waals surface area contributed by atoms with E-state index < -0.39 is 0 Å². The molecule has 1 heterocycles. The molecule has 7 heteroatoms. The quantitative estimate of drug-likeness (QED) is 0.260. The molecule has 1 aliphatic heterocycles. The molecule has 0 aromatic heterocycles. The fourth-order valence-corrected chi connectivity index (χ4v) is 4.83. The lowest BCUT2D eigenvalue weighted by Gasteiger charge is -2.21. The van der Waals surface area contributed by atoms with Crippen molar-refractivity contribution in [3.05, 3.63) is 89.0 Å². The lowest BCUT2D eigenvalue weighted by molar-refractivity contribution is 0.0502. The van der Waals surface area contributed by atoms with E-state index in [1.807, 2.05) is 48.5 Å². The topological polar surface area (TPSA) is 83.8 Å². The van der Waals surface area contributed by atoms with Gasteiger partial charge in [-0.1, -0.05) is 36.4 Å². The number of anilines is 1. The molecule has 0 saturated carbocycles. The smallest absolute Gasteiger partial charge is 0.338 e. The molecular weight excluding hydrogens is 478 g/mol. The van der Waals surface area contributed by atoms with E-state index in [4.69, 9.17) is 14.2 Å². The predicted molar refractivity (Wildman–Crippen MR) is 148 cm³/mol. The predicted octanol–water partition coefficient (Wildman–Crippen LogP) is 4.78. The summed E-state index contributed by atoms with van der Waals surface area (Å²) in [5, 5.41) is 13.4. The van der Waals surface area contributed by atoms with Crippen LogP contribution in [0, 0.1) is 11.3 Å². The molecule has 0 aliphatic carbocycles. The van der Waals surface area contributed by atoms with Crippen LogP contribution >= 0.6 is 0 Å². The first-order valence-electron chi connectivity index (χ1n) is 13.1. The molecular formula is C31H35N3O4. The van der Waals surface area contributed by atoms with Crippen molar-refractivity contribution in [3.63, 3.8) is 0 Å². The number of esters is 1. The molecule has 0 radical (unpaired) electrons. The van der Waals surface area contributed by atoms with Gasteiger partial charge in [0.05, 0.1) is 30.5 Å². The van der Waals surface area contributed by atoms with Crippen molar-refractivity contribution in [2.75, 3.05) is 44.9 Å². The minimum absolute atomic E-state index is 0.234. The van der Waals surface area contributed by atoms with Gasteiger partial charge in [0, 0.05) is 25.7 Å². The van der Waals surface area contributed by atoms with Crippen LogP contribution in [0.2, 0.25) is 0 Å². The molecule has 7 nitrogen and oxygen atoms in total. The Labute approximate surface area is 224 Å². The number of nitrogens with zero attached hydrogens (tertiary/aromatic N) is 2. The number of carbonyl (C=O) groups excluding carboxylic acids is 1. The van der Waals surface area contributed by atoms with Crippen LogP contribution in [0.1, 0.15) is 40.4 Å². The Morgan fingerprint density at radius 3 is 2.61 bits per heavy atom. The van der Waals surface area contributed by atoms with Crippen molar-refractivity contribution in [2.45, 2.75) is 32.2 Å². The van der Waals surface area contributed by atoms with Crippen LogP contribution in [0.3, 0.4) is 0 Å². The summed E-state index contributed by atoms with van der Waals surface area (Å²) in [5.41, 5.74) is 4.67. The first-order chi connectivity index (χ1) is 18.6. The highest BCUT2D eigenvalue weighted by atomic mass is 16.5. The van der Waals surface area contributed by atoms with Crippen LogP contribution in [-0.4, -0.2) is 52.0 Å². The molecule has 1 atom stereocenters. The van der Waals surface area contributed by atoms with Gasteiger partial charge in [-0.15, -0.1) is 0 Å². The first kappa shape index (κ1) is 27.0. The molecule has 0 fully saturated rings. The molecule has 1 aliphatic rings. The normalized spacial score (nSPS) is 12.9. The van der Waals surface area contributed by atoms with Crippen molar-refractivity contribution in [1.29, 1.82) is 5.26 Å². The summed E-state index contributed by atoms with van der Waals surface area (Å²) in [5.74, 6) is 1.16. The average Bonchev–Trinajstić information content (AvgIpc) is 3.36. The molecule has 38 heavy (non-hydrogen) atoms. The van der Waals surface area contributed by atoms with Crippen LogP contribution in [0.4, 0.5) is 5.69 Å². The Bertz CT molecular complexity index is 1260. The maximum Gasteiger partial charge on any atom is 0.338 e. The number of nitrogens with one attached hydrogen (secondary N) is 1. The van der Waals surface area contributed by atoms with Gasteiger partial charge in [-0.05, 0) is 67.6 Å². The van der Waals surface area contributed by atoms with Gasteiger partial charge in [-0.3, -0.25) is 0 Å². The van der Waals surface area contributed by atoms with Gasteiger partial charge in [0.25, 0.3) is 0 Å². The number of carbonyl (C=O) groups is 1. The zero-order valence-corrected chi connectivity index (χ0v) is 22.1. The Morgan fingerprint density at radius 1 is 1.08 bits per heavy atom. The standard InChI is InChI=1S/C31H35N3O4/c1-23(33-14-18-37-29-12-7-6-11-28(29)36-2)19-24-20-26-13-16-34(30(26)27(21-24)22-32)15-8-17-38-31(35)25-9-4-3-5-10-25/h3-7,9-12,20-21,23,33H,8,13-19H2,1-2H3/t23-/m1/s1. The van der Waals surface area contributed by atoms with Crippen LogP contribution < -0.4 is 19.7 Å². The van der Waals surface area contributed by atoms with Crippen molar-refractivity contribution in [3.8, 4) is 17.6 Å². The Balaban J connectivity index is 1.25. The van der Waals surface area contributed by atoms with Gasteiger partial charge in [0.1, 0.15) is 12.7 Å². The number of ether oxygens (including phenoxy) is 3. The monoisotopic (exact) mass is 513 g/mol. The summed E-state index contributed by atoms with van der Waals surface area (Å²) in [6, 6.07) is 23.5. The zero-order valence-electron chi connectivity index (χ0n) is 22.1. The number of nitriles is 1. The molecule has 0 unspecified atom stereocenters. The van der Waals surface area contributed by atoms with Crippen LogP contribution in [0.25, 0.3) is 0 Å². The van der Waals surface area contributed by atoms with Gasteiger partial charge in [0.15, 0.2) is 11.5 Å². The van der Waals surface area contributed by atoms with Crippen LogP contribution in [-0.2, 0) is 17.6 Å². The first-order valence-corrected chi connectivity index (χ1v) is 13.1. The number of benzene rings is 3. The lowest BCUT2D eigenvalue weighted by atomic mass is 9.99. The van der Waals surface area contributed by atoms with E-state index in [0.717, 1.165) is 48.7 Å². The third-order valence-electron chi connectivity index (χ3n) is 6.61. The lowest BCUT2D eigenvalue weighted by Crippen LogP contribution is -2.32. The molecule has 4 rings (SSSR count). The Kier molecular flexibility index (Phi) is 9.60. The summed E-state index contributed by atoms with van der Waals surface area (Å²) >= 11 is 0. The Morgan fingerprint density at radius 2 is 1.84 bits per heavy atom. The second-order valence-electron chi connectivity index (χ2n) is 9.41. The van der Waals surface area contributed by atoms with Crippen LogP contribution in [0.15, 0.2) is 66.7 Å². The number of rotatable bonds is 13. The third-order valence-corrected chi connectivity index (χ3v) is 6.61. The maximum atomic E-state index is 12.1. The molecule has 3 aromatic carbocycles. The van der Waals surface area contributed by atoms with Gasteiger partial charge in [0.2, 0.25) is 0 Å². The number of para-hydroxylation sites is 2. The van der Waals surface area contributed by atoms with E-state index in [0.29, 0.717) is 37.3 Å². The second-order valence-corrected chi connectivity index (χ2v) is 9.41. The van der Waals surface area contributed by atoms with Crippen molar-refractivity contribution in [1.82, 2.24) is 5.32 Å². The number of hydrogen-bond acceptors (Lipinski definition) is 7. The van der Waals surface area contributed by atoms with Gasteiger partial charge < -0.3 is 24.4 Å². The second kappa shape index (κ2) is 13.5. The highest BCUT2D eigenvalue weighted by Gasteiger charge is 2.23. The molecule has 0 amide bonds. The van der Waals surface area contributed by atoms with E-state index >= 15 is 0 Å². The summed E-state index contributed by atoms with van der Waals surface area (Å²) in [6.07, 6.45) is 2.45. The Hall–Kier alpha value is -4.02. The van der Waals surface area contributed by atoms with Crippen molar-refractivity contribution < 1.29 is 19.0 Å². The third kappa shape index (κ3) is 7.05. The number of hydrogen-bond donors (Lipinski definition) is 1. The highest BCUT2D eigenvalue weighted by Crippen LogP contribution is 2.33. The van der Waals surface area contributed by atoms with E-state index in [2.05, 4.69) is 29.3 Å². The van der Waals surface area contributed by atoms with Crippen molar-refractivity contribution in [2.24, 2.45) is 0 Å². The molecule has 0 spiro atoms. The van der Waals surface area contributed by atoms with E-state index in [-0.39, 0.29) is 12.0 Å². The molecule has 0 bridgehead atoms. The summed E-state index contributed by atoms with van der Waals surface area (Å²) in [4.78, 5) is 14.4. The van der Waals surface area contributed by atoms with E-state index in [1.165, 1.54) is 5.56 Å². The van der Waals surface area contributed by atoms with E-state index in [9.17, 15) is 10.1 Å². The number of methoxy groups -OCH3 is 1. The summed E-state index contributed by atoms with van der Waals surface area (Å²) in [6.45, 7) is 5.35. The zero-order chi connectivity index (χ0) is 26.7. The molecule has 198 valence electrons. The average molecular weight is 514 g/mol. The maximum absolute atomic E-state index is 12.1. The minimum Gasteiger partial charge on any atom is -0.493 e. The minimum atomic E-state index is -0.302. The molecule has 3 aromatic rings. The molecule has 0 saturated heterocycles. The van der Waals surface area contributed by atoms with Gasteiger partial charge in [-0.25, -0.2) is 4.79 Å². The fourth-order valence-electron chi connectivity index (χ4n) is 4.83. The van der Waals surface area contributed by atoms with E-state index in [1.54, 1.807) is 19.2 Å². The van der Waals surface area contributed by atoms with Crippen molar-refractivity contribution >= 4 is 11.7 Å². The fraction of sp³-hybridized carbons (Fsp3) is 0.355. The largest absolute Gasteiger partial charge is 0.493 e. The summed E-state index contributed by atoms with van der Waals surface area (Å²) < 4.78 is 16.6. The highest BCUT2D eigenvalue weighted by molar-refractivity contribution is 5.89.